The number of piperidine rings is 1. The Labute approximate surface area is 100 Å². The van der Waals surface area contributed by atoms with Crippen LogP contribution in [0.1, 0.15) is 20.3 Å². The number of esters is 1. The van der Waals surface area contributed by atoms with E-state index in [1.165, 1.54) is 7.11 Å². The lowest BCUT2D eigenvalue weighted by Gasteiger charge is -2.34. The quantitative estimate of drug-likeness (QED) is 0.633. The van der Waals surface area contributed by atoms with Crippen LogP contribution in [0.2, 0.25) is 0 Å². The highest BCUT2D eigenvalue weighted by Crippen LogP contribution is 2.34. The fourth-order valence-electron chi connectivity index (χ4n) is 2.38. The minimum absolute atomic E-state index is 0.183. The summed E-state index contributed by atoms with van der Waals surface area (Å²) in [6, 6.07) is -0.183. The number of hydrogen-bond donors (Lipinski definition) is 2. The van der Waals surface area contributed by atoms with E-state index in [1.807, 2.05) is 0 Å². The van der Waals surface area contributed by atoms with Crippen molar-refractivity contribution in [2.75, 3.05) is 13.7 Å². The Hall–Kier alpha value is -0.690. The van der Waals surface area contributed by atoms with Crippen molar-refractivity contribution < 1.29 is 24.1 Å². The van der Waals surface area contributed by atoms with Gasteiger partial charge in [0, 0.05) is 12.6 Å². The van der Waals surface area contributed by atoms with E-state index in [0.717, 1.165) is 0 Å². The monoisotopic (exact) mass is 245 g/mol. The maximum absolute atomic E-state index is 11.3. The van der Waals surface area contributed by atoms with Crippen LogP contribution in [0.25, 0.3) is 0 Å². The van der Waals surface area contributed by atoms with Gasteiger partial charge in [-0.05, 0) is 13.8 Å². The van der Waals surface area contributed by atoms with Gasteiger partial charge < -0.3 is 24.6 Å². The Balaban J connectivity index is 2.07. The van der Waals surface area contributed by atoms with Gasteiger partial charge in [-0.15, -0.1) is 0 Å². The van der Waals surface area contributed by atoms with Crippen LogP contribution in [0.15, 0.2) is 0 Å². The van der Waals surface area contributed by atoms with E-state index in [1.54, 1.807) is 13.8 Å². The lowest BCUT2D eigenvalue weighted by molar-refractivity contribution is -0.154. The third-order valence-corrected chi connectivity index (χ3v) is 3.14. The number of methoxy groups -OCH3 is 1. The molecule has 6 heteroatoms. The molecule has 0 saturated carbocycles. The molecule has 0 aromatic carbocycles. The Morgan fingerprint density at radius 2 is 2.12 bits per heavy atom. The van der Waals surface area contributed by atoms with Crippen molar-refractivity contribution in [2.45, 2.75) is 50.4 Å². The molecule has 0 unspecified atom stereocenters. The topological polar surface area (TPSA) is 77.0 Å². The summed E-state index contributed by atoms with van der Waals surface area (Å²) in [5, 5.41) is 12.9. The number of β-amino-alcohol motifs (C(OH)–C–C–N with tert-alkyl or cyclic N) is 1. The van der Waals surface area contributed by atoms with Crippen LogP contribution in [-0.4, -0.2) is 54.9 Å². The van der Waals surface area contributed by atoms with Crippen molar-refractivity contribution in [1.82, 2.24) is 5.32 Å². The number of hydrogen-bond acceptors (Lipinski definition) is 6. The van der Waals surface area contributed by atoms with Gasteiger partial charge in [0.1, 0.15) is 12.2 Å². The largest absolute Gasteiger partial charge is 0.469 e. The normalized spacial score (nSPS) is 39.8. The molecule has 4 atom stereocenters. The lowest BCUT2D eigenvalue weighted by atomic mass is 9.94. The SMILES string of the molecule is COC(=O)C[C@H]1NC[C@@H](O)[C@H]2OC(C)(C)O[C@H]21. The highest BCUT2D eigenvalue weighted by atomic mass is 16.8. The number of nitrogens with one attached hydrogen (secondary N) is 1. The van der Waals surface area contributed by atoms with Crippen LogP contribution in [0.5, 0.6) is 0 Å². The molecule has 98 valence electrons. The summed E-state index contributed by atoms with van der Waals surface area (Å²) < 4.78 is 16.0. The van der Waals surface area contributed by atoms with Crippen LogP contribution in [0, 0.1) is 0 Å². The zero-order valence-electron chi connectivity index (χ0n) is 10.3. The summed E-state index contributed by atoms with van der Waals surface area (Å²) in [5.74, 6) is -1.03. The van der Waals surface area contributed by atoms with E-state index in [9.17, 15) is 9.90 Å². The lowest BCUT2D eigenvalue weighted by Crippen LogP contribution is -2.58. The van der Waals surface area contributed by atoms with E-state index >= 15 is 0 Å². The van der Waals surface area contributed by atoms with Gasteiger partial charge in [0.25, 0.3) is 0 Å². The Morgan fingerprint density at radius 1 is 1.47 bits per heavy atom. The van der Waals surface area contributed by atoms with Crippen LogP contribution >= 0.6 is 0 Å². The molecule has 2 aliphatic heterocycles. The third kappa shape index (κ3) is 2.60. The average molecular weight is 245 g/mol. The molecule has 0 amide bonds. The molecular weight excluding hydrogens is 226 g/mol. The third-order valence-electron chi connectivity index (χ3n) is 3.14. The first-order chi connectivity index (χ1) is 7.93. The molecule has 2 rings (SSSR count). The van der Waals surface area contributed by atoms with E-state index in [2.05, 4.69) is 10.1 Å². The van der Waals surface area contributed by atoms with Crippen LogP contribution < -0.4 is 5.32 Å². The molecule has 0 aliphatic carbocycles. The van der Waals surface area contributed by atoms with Gasteiger partial charge in [-0.25, -0.2) is 0 Å². The number of carbonyl (C=O) groups excluding carboxylic acids is 1. The highest BCUT2D eigenvalue weighted by Gasteiger charge is 2.51. The Bertz CT molecular complexity index is 306. The van der Waals surface area contributed by atoms with E-state index < -0.39 is 11.9 Å². The van der Waals surface area contributed by atoms with Crippen LogP contribution in [0.4, 0.5) is 0 Å². The fourth-order valence-corrected chi connectivity index (χ4v) is 2.38. The van der Waals surface area contributed by atoms with Gasteiger partial charge >= 0.3 is 5.97 Å². The molecule has 6 nitrogen and oxygen atoms in total. The first-order valence-corrected chi connectivity index (χ1v) is 5.77. The van der Waals surface area contributed by atoms with Crippen LogP contribution in [-0.2, 0) is 19.0 Å². The average Bonchev–Trinajstić information content (AvgIpc) is 2.59. The van der Waals surface area contributed by atoms with E-state index in [-0.39, 0.29) is 30.6 Å². The number of fused-ring (bicyclic) bond motifs is 1. The molecule has 0 aromatic heterocycles. The molecule has 0 spiro atoms. The Kier molecular flexibility index (Phi) is 3.40. The minimum Gasteiger partial charge on any atom is -0.469 e. The molecule has 2 fully saturated rings. The van der Waals surface area contributed by atoms with Crippen molar-refractivity contribution in [1.29, 1.82) is 0 Å². The van der Waals surface area contributed by atoms with E-state index in [0.29, 0.717) is 6.54 Å². The minimum atomic E-state index is -0.725. The van der Waals surface area contributed by atoms with Crippen molar-refractivity contribution in [2.24, 2.45) is 0 Å². The first-order valence-electron chi connectivity index (χ1n) is 5.77. The molecule has 2 aliphatic rings. The predicted octanol–water partition coefficient (Wildman–Crippen LogP) is -0.598. The van der Waals surface area contributed by atoms with Gasteiger partial charge in [-0.3, -0.25) is 4.79 Å². The molecular formula is C11H19NO5. The number of aliphatic hydroxyl groups is 1. The predicted molar refractivity (Wildman–Crippen MR) is 58.3 cm³/mol. The number of rotatable bonds is 2. The maximum atomic E-state index is 11.3. The number of carbonyl (C=O) groups is 1. The zero-order chi connectivity index (χ0) is 12.6. The summed E-state index contributed by atoms with van der Waals surface area (Å²) in [4.78, 5) is 11.3. The summed E-state index contributed by atoms with van der Waals surface area (Å²) in [7, 11) is 1.35. The van der Waals surface area contributed by atoms with Crippen LogP contribution in [0.3, 0.4) is 0 Å². The summed E-state index contributed by atoms with van der Waals surface area (Å²) in [5.41, 5.74) is 0. The summed E-state index contributed by atoms with van der Waals surface area (Å²) in [6.07, 6.45) is -1.12. The van der Waals surface area contributed by atoms with Crippen molar-refractivity contribution in [3.05, 3.63) is 0 Å². The van der Waals surface area contributed by atoms with Crippen molar-refractivity contribution in [3.8, 4) is 0 Å². The zero-order valence-corrected chi connectivity index (χ0v) is 10.3. The van der Waals surface area contributed by atoms with Gasteiger partial charge in [0.15, 0.2) is 5.79 Å². The highest BCUT2D eigenvalue weighted by molar-refractivity contribution is 5.70. The maximum Gasteiger partial charge on any atom is 0.307 e. The van der Waals surface area contributed by atoms with E-state index in [4.69, 9.17) is 9.47 Å². The second kappa shape index (κ2) is 4.53. The first kappa shape index (κ1) is 12.8. The molecule has 0 radical (unpaired) electrons. The second-order valence-corrected chi connectivity index (χ2v) is 4.93. The summed E-state index contributed by atoms with van der Waals surface area (Å²) >= 11 is 0. The molecule has 0 aromatic rings. The van der Waals surface area contributed by atoms with Gasteiger partial charge in [0.2, 0.25) is 0 Å². The molecule has 0 bridgehead atoms. The van der Waals surface area contributed by atoms with Gasteiger partial charge in [-0.2, -0.15) is 0 Å². The van der Waals surface area contributed by atoms with Crippen molar-refractivity contribution >= 4 is 5.97 Å². The number of aliphatic hydroxyl groups excluding tert-OH is 1. The molecule has 2 saturated heterocycles. The molecule has 2 heterocycles. The van der Waals surface area contributed by atoms with Crippen molar-refractivity contribution in [3.63, 3.8) is 0 Å². The summed E-state index contributed by atoms with van der Waals surface area (Å²) in [6.45, 7) is 3.99. The van der Waals surface area contributed by atoms with Gasteiger partial charge in [-0.1, -0.05) is 0 Å². The smallest absolute Gasteiger partial charge is 0.307 e. The van der Waals surface area contributed by atoms with Gasteiger partial charge in [0.05, 0.1) is 19.6 Å². The fraction of sp³-hybridized carbons (Fsp3) is 0.909. The standard InChI is InChI=1S/C11H19NO5/c1-11(2)16-9-6(4-8(14)15-3)12-5-7(13)10(9)17-11/h6-7,9-10,12-13H,4-5H2,1-3H3/t6-,7-,9+,10-/m1/s1. The second-order valence-electron chi connectivity index (χ2n) is 4.93. The number of ether oxygens (including phenoxy) is 3. The molecule has 2 N–H and O–H groups in total. The Morgan fingerprint density at radius 3 is 2.76 bits per heavy atom. The molecule has 17 heavy (non-hydrogen) atoms.